The van der Waals surface area contributed by atoms with Gasteiger partial charge in [-0.15, -0.1) is 0 Å². The van der Waals surface area contributed by atoms with Gasteiger partial charge in [0, 0.05) is 19.2 Å². The van der Waals surface area contributed by atoms with E-state index in [2.05, 4.69) is 26.1 Å². The molecule has 0 aromatic heterocycles. The van der Waals surface area contributed by atoms with Gasteiger partial charge in [0.05, 0.1) is 5.60 Å². The smallest absolute Gasteiger partial charge is 0.0806 e. The molecule has 1 aliphatic rings. The van der Waals surface area contributed by atoms with Crippen LogP contribution in [0, 0.1) is 0 Å². The highest BCUT2D eigenvalue weighted by molar-refractivity contribution is 4.87. The van der Waals surface area contributed by atoms with E-state index in [0.29, 0.717) is 6.04 Å². The van der Waals surface area contributed by atoms with Crippen LogP contribution in [0.4, 0.5) is 0 Å². The third-order valence-electron chi connectivity index (χ3n) is 4.50. The molecule has 0 aromatic carbocycles. The highest BCUT2D eigenvalue weighted by atomic mass is 16.5. The Morgan fingerprint density at radius 2 is 1.60 bits per heavy atom. The Kier molecular flexibility index (Phi) is 9.54. The van der Waals surface area contributed by atoms with E-state index in [1.807, 2.05) is 0 Å². The van der Waals surface area contributed by atoms with Gasteiger partial charge in [0.2, 0.25) is 0 Å². The van der Waals surface area contributed by atoms with Gasteiger partial charge in [0.15, 0.2) is 0 Å². The molecule has 0 amide bonds. The molecule has 0 atom stereocenters. The first-order valence-corrected chi connectivity index (χ1v) is 9.06. The summed E-state index contributed by atoms with van der Waals surface area (Å²) in [6.45, 7) is 8.73. The molecule has 1 aliphatic carbocycles. The third-order valence-corrected chi connectivity index (χ3v) is 4.50. The molecule has 0 radical (unpaired) electrons. The minimum atomic E-state index is 0.145. The van der Waals surface area contributed by atoms with Gasteiger partial charge in [-0.1, -0.05) is 72.1 Å². The molecule has 20 heavy (non-hydrogen) atoms. The van der Waals surface area contributed by atoms with Crippen molar-refractivity contribution in [3.8, 4) is 0 Å². The van der Waals surface area contributed by atoms with E-state index >= 15 is 0 Å². The van der Waals surface area contributed by atoms with E-state index in [9.17, 15) is 0 Å². The van der Waals surface area contributed by atoms with E-state index in [1.165, 1.54) is 70.6 Å². The van der Waals surface area contributed by atoms with Crippen molar-refractivity contribution in [1.82, 2.24) is 5.32 Å². The van der Waals surface area contributed by atoms with Crippen LogP contribution < -0.4 is 5.32 Å². The predicted molar refractivity (Wildman–Crippen MR) is 88.3 cm³/mol. The summed E-state index contributed by atoms with van der Waals surface area (Å²) in [4.78, 5) is 0. The van der Waals surface area contributed by atoms with Crippen LogP contribution in [-0.2, 0) is 4.74 Å². The van der Waals surface area contributed by atoms with E-state index < -0.39 is 0 Å². The van der Waals surface area contributed by atoms with Crippen LogP contribution in [0.2, 0.25) is 0 Å². The molecular formula is C18H37NO. The summed E-state index contributed by atoms with van der Waals surface area (Å²) in [6, 6.07) is 0.562. The second-order valence-corrected chi connectivity index (χ2v) is 6.90. The van der Waals surface area contributed by atoms with Crippen molar-refractivity contribution in [2.45, 2.75) is 103 Å². The first-order chi connectivity index (χ1) is 9.68. The van der Waals surface area contributed by atoms with Gasteiger partial charge in [-0.2, -0.15) is 0 Å². The Morgan fingerprint density at radius 1 is 0.950 bits per heavy atom. The molecule has 0 bridgehead atoms. The first-order valence-electron chi connectivity index (χ1n) is 9.06. The zero-order chi connectivity index (χ0) is 14.7. The molecular weight excluding hydrogens is 246 g/mol. The summed E-state index contributed by atoms with van der Waals surface area (Å²) in [5.41, 5.74) is 0.145. The van der Waals surface area contributed by atoms with E-state index in [-0.39, 0.29) is 5.60 Å². The minimum Gasteiger partial charge on any atom is -0.374 e. The molecule has 120 valence electrons. The molecule has 0 aliphatic heterocycles. The summed E-state index contributed by atoms with van der Waals surface area (Å²) in [5.74, 6) is 0. The number of rotatable bonds is 11. The average Bonchev–Trinajstić information content (AvgIpc) is 2.45. The minimum absolute atomic E-state index is 0.145. The fourth-order valence-corrected chi connectivity index (χ4v) is 3.13. The summed E-state index contributed by atoms with van der Waals surface area (Å²) in [5, 5.41) is 3.60. The Bertz CT molecular complexity index is 221. The van der Waals surface area contributed by atoms with Gasteiger partial charge in [0.1, 0.15) is 0 Å². The lowest BCUT2D eigenvalue weighted by Gasteiger charge is -2.38. The Balaban J connectivity index is 2.19. The molecule has 0 unspecified atom stereocenters. The largest absolute Gasteiger partial charge is 0.374 e. The molecule has 1 N–H and O–H groups in total. The molecule has 1 rings (SSSR count). The maximum atomic E-state index is 6.37. The highest BCUT2D eigenvalue weighted by Gasteiger charge is 2.32. The molecule has 0 spiro atoms. The number of hydrogen-bond acceptors (Lipinski definition) is 2. The quantitative estimate of drug-likeness (QED) is 0.535. The van der Waals surface area contributed by atoms with Crippen LogP contribution >= 0.6 is 0 Å². The number of unbranched alkanes of at least 4 members (excludes halogenated alkanes) is 5. The van der Waals surface area contributed by atoms with Gasteiger partial charge in [-0.3, -0.25) is 0 Å². The molecule has 0 saturated heterocycles. The first kappa shape index (κ1) is 18.0. The third kappa shape index (κ3) is 7.64. The topological polar surface area (TPSA) is 21.3 Å². The molecule has 0 aromatic rings. The van der Waals surface area contributed by atoms with Gasteiger partial charge < -0.3 is 10.1 Å². The van der Waals surface area contributed by atoms with E-state index in [0.717, 1.165) is 13.2 Å². The molecule has 2 nitrogen and oxygen atoms in total. The van der Waals surface area contributed by atoms with Gasteiger partial charge in [0.25, 0.3) is 0 Å². The second-order valence-electron chi connectivity index (χ2n) is 6.90. The predicted octanol–water partition coefficient (Wildman–Crippen LogP) is 5.06. The maximum absolute atomic E-state index is 6.37. The van der Waals surface area contributed by atoms with Crippen molar-refractivity contribution >= 4 is 0 Å². The van der Waals surface area contributed by atoms with Crippen LogP contribution in [0.1, 0.15) is 91.4 Å². The maximum Gasteiger partial charge on any atom is 0.0806 e. The Labute approximate surface area is 127 Å². The van der Waals surface area contributed by atoms with Crippen LogP contribution in [0.25, 0.3) is 0 Å². The molecule has 1 fully saturated rings. The number of nitrogens with one attached hydrogen (secondary N) is 1. The van der Waals surface area contributed by atoms with Crippen molar-refractivity contribution in [3.63, 3.8) is 0 Å². The number of hydrogen-bond donors (Lipinski definition) is 1. The molecule has 2 heteroatoms. The SMILES string of the molecule is CCCCCCCCOC1(CNC(C)C)CCCCC1. The van der Waals surface area contributed by atoms with E-state index in [4.69, 9.17) is 4.74 Å². The lowest BCUT2D eigenvalue weighted by atomic mass is 9.84. The van der Waals surface area contributed by atoms with Gasteiger partial charge in [-0.25, -0.2) is 0 Å². The van der Waals surface area contributed by atoms with Crippen molar-refractivity contribution in [2.75, 3.05) is 13.2 Å². The van der Waals surface area contributed by atoms with Crippen molar-refractivity contribution in [1.29, 1.82) is 0 Å². The summed E-state index contributed by atoms with van der Waals surface area (Å²) in [6.07, 6.45) is 14.7. The lowest BCUT2D eigenvalue weighted by Crippen LogP contribution is -2.46. The van der Waals surface area contributed by atoms with Crippen molar-refractivity contribution in [3.05, 3.63) is 0 Å². The lowest BCUT2D eigenvalue weighted by molar-refractivity contribution is -0.0705. The van der Waals surface area contributed by atoms with E-state index in [1.54, 1.807) is 0 Å². The molecule has 1 saturated carbocycles. The van der Waals surface area contributed by atoms with Crippen LogP contribution in [0.5, 0.6) is 0 Å². The van der Waals surface area contributed by atoms with Gasteiger partial charge in [-0.05, 0) is 19.3 Å². The van der Waals surface area contributed by atoms with Crippen LogP contribution in [-0.4, -0.2) is 24.8 Å². The van der Waals surface area contributed by atoms with Crippen LogP contribution in [0.3, 0.4) is 0 Å². The van der Waals surface area contributed by atoms with Gasteiger partial charge >= 0.3 is 0 Å². The van der Waals surface area contributed by atoms with Crippen molar-refractivity contribution < 1.29 is 4.74 Å². The fraction of sp³-hybridized carbons (Fsp3) is 1.00. The summed E-state index contributed by atoms with van der Waals surface area (Å²) >= 11 is 0. The second kappa shape index (κ2) is 10.6. The Morgan fingerprint density at radius 3 is 2.25 bits per heavy atom. The monoisotopic (exact) mass is 283 g/mol. The van der Waals surface area contributed by atoms with Crippen LogP contribution in [0.15, 0.2) is 0 Å². The zero-order valence-corrected chi connectivity index (χ0v) is 14.2. The average molecular weight is 284 g/mol. The Hall–Kier alpha value is -0.0800. The zero-order valence-electron chi connectivity index (χ0n) is 14.2. The summed E-state index contributed by atoms with van der Waals surface area (Å²) in [7, 11) is 0. The van der Waals surface area contributed by atoms with Crippen molar-refractivity contribution in [2.24, 2.45) is 0 Å². The standard InChI is InChI=1S/C18H37NO/c1-4-5-6-7-8-12-15-20-18(16-19-17(2)3)13-10-9-11-14-18/h17,19H,4-16H2,1-3H3. The number of ether oxygens (including phenoxy) is 1. The summed E-state index contributed by atoms with van der Waals surface area (Å²) < 4.78 is 6.37. The fourth-order valence-electron chi connectivity index (χ4n) is 3.13. The normalized spacial score (nSPS) is 18.6. The highest BCUT2D eigenvalue weighted by Crippen LogP contribution is 2.31. The molecule has 0 heterocycles.